The zero-order chi connectivity index (χ0) is 11.0. The first-order valence-electron chi connectivity index (χ1n) is 5.13. The van der Waals surface area contributed by atoms with Gasteiger partial charge in [-0.2, -0.15) is 11.8 Å². The summed E-state index contributed by atoms with van der Waals surface area (Å²) >= 11 is 1.94. The number of hydrogen-bond acceptors (Lipinski definition) is 3. The van der Waals surface area contributed by atoms with E-state index in [1.165, 1.54) is 11.5 Å². The van der Waals surface area contributed by atoms with E-state index in [2.05, 4.69) is 12.2 Å². The van der Waals surface area contributed by atoms with Gasteiger partial charge in [0, 0.05) is 0 Å². The third kappa shape index (κ3) is 4.86. The van der Waals surface area contributed by atoms with Crippen LogP contribution in [0.15, 0.2) is 0 Å². The molecule has 0 heterocycles. The highest BCUT2D eigenvalue weighted by molar-refractivity contribution is 7.99. The van der Waals surface area contributed by atoms with E-state index >= 15 is 0 Å². The normalized spacial score (nSPS) is 15.1. The summed E-state index contributed by atoms with van der Waals surface area (Å²) in [4.78, 5) is 11.1. The van der Waals surface area contributed by atoms with Crippen LogP contribution in [0.2, 0.25) is 0 Å². The zero-order valence-corrected chi connectivity index (χ0v) is 10.2. The first-order valence-corrected chi connectivity index (χ1v) is 6.29. The molecule has 0 saturated heterocycles. The van der Waals surface area contributed by atoms with Gasteiger partial charge in [-0.15, -0.1) is 0 Å². The van der Waals surface area contributed by atoms with Crippen molar-refractivity contribution >= 4 is 17.7 Å². The van der Waals surface area contributed by atoms with Crippen molar-refractivity contribution in [2.24, 2.45) is 5.73 Å². The number of carbonyl (C=O) groups is 1. The number of amides is 1. The Morgan fingerprint density at radius 3 is 2.57 bits per heavy atom. The van der Waals surface area contributed by atoms with Gasteiger partial charge in [0.15, 0.2) is 0 Å². The molecule has 1 unspecified atom stereocenters. The molecule has 1 amide bonds. The average molecular weight is 218 g/mol. The summed E-state index contributed by atoms with van der Waals surface area (Å²) in [6, 6.07) is 0. The number of primary amides is 1. The van der Waals surface area contributed by atoms with Crippen molar-refractivity contribution in [3.63, 3.8) is 0 Å². The van der Waals surface area contributed by atoms with E-state index in [0.717, 1.165) is 19.3 Å². The second kappa shape index (κ2) is 7.12. The predicted molar refractivity (Wildman–Crippen MR) is 63.5 cm³/mol. The van der Waals surface area contributed by atoms with Crippen molar-refractivity contribution in [3.05, 3.63) is 0 Å². The maximum absolute atomic E-state index is 11.1. The minimum absolute atomic E-state index is 0.261. The third-order valence-corrected chi connectivity index (χ3v) is 3.50. The number of likely N-dealkylation sites (N-methyl/N-ethyl adjacent to an activating group) is 1. The van der Waals surface area contributed by atoms with E-state index in [9.17, 15) is 4.79 Å². The lowest BCUT2D eigenvalue weighted by Gasteiger charge is -2.25. The van der Waals surface area contributed by atoms with Crippen LogP contribution >= 0.6 is 11.8 Å². The molecular weight excluding hydrogens is 196 g/mol. The van der Waals surface area contributed by atoms with Crippen LogP contribution in [0.1, 0.15) is 33.1 Å². The minimum atomic E-state index is -0.531. The van der Waals surface area contributed by atoms with Crippen molar-refractivity contribution in [1.29, 1.82) is 0 Å². The highest BCUT2D eigenvalue weighted by atomic mass is 32.2. The fourth-order valence-corrected chi connectivity index (χ4v) is 1.90. The highest BCUT2D eigenvalue weighted by Crippen LogP contribution is 2.14. The monoisotopic (exact) mass is 218 g/mol. The van der Waals surface area contributed by atoms with Crippen molar-refractivity contribution in [2.75, 3.05) is 18.6 Å². The Balaban J connectivity index is 3.68. The summed E-state index contributed by atoms with van der Waals surface area (Å²) in [5.41, 5.74) is 4.78. The van der Waals surface area contributed by atoms with Gasteiger partial charge in [0.2, 0.25) is 5.91 Å². The molecule has 14 heavy (non-hydrogen) atoms. The van der Waals surface area contributed by atoms with Crippen LogP contribution in [0.5, 0.6) is 0 Å². The van der Waals surface area contributed by atoms with Crippen LogP contribution in [0.3, 0.4) is 0 Å². The summed E-state index contributed by atoms with van der Waals surface area (Å²) in [5, 5.41) is 2.99. The Labute approximate surface area is 91.2 Å². The van der Waals surface area contributed by atoms with E-state index in [1.807, 2.05) is 18.7 Å². The van der Waals surface area contributed by atoms with Crippen molar-refractivity contribution in [2.45, 2.75) is 38.6 Å². The molecule has 0 aromatic rings. The van der Waals surface area contributed by atoms with E-state index in [4.69, 9.17) is 5.73 Å². The molecule has 0 spiro atoms. The summed E-state index contributed by atoms with van der Waals surface area (Å²) < 4.78 is 0. The number of carbonyl (C=O) groups excluding carboxylic acids is 1. The average Bonchev–Trinajstić information content (AvgIpc) is 2.17. The Hall–Kier alpha value is -0.220. The zero-order valence-electron chi connectivity index (χ0n) is 9.43. The fourth-order valence-electron chi connectivity index (χ4n) is 1.20. The lowest BCUT2D eigenvalue weighted by atomic mass is 9.94. The smallest absolute Gasteiger partial charge is 0.237 e. The van der Waals surface area contributed by atoms with Crippen molar-refractivity contribution in [3.8, 4) is 0 Å². The molecule has 0 aromatic heterocycles. The summed E-state index contributed by atoms with van der Waals surface area (Å²) in [6.45, 7) is 4.02. The SMILES string of the molecule is CCSCCCCC(C)(NC)C(N)=O. The van der Waals surface area contributed by atoms with Gasteiger partial charge in [0.25, 0.3) is 0 Å². The predicted octanol–water partition coefficient (Wildman–Crippen LogP) is 1.37. The van der Waals surface area contributed by atoms with Crippen LogP contribution in [0, 0.1) is 0 Å². The van der Waals surface area contributed by atoms with Gasteiger partial charge in [-0.3, -0.25) is 4.79 Å². The van der Waals surface area contributed by atoms with Gasteiger partial charge in [-0.05, 0) is 38.3 Å². The Morgan fingerprint density at radius 1 is 1.50 bits per heavy atom. The van der Waals surface area contributed by atoms with E-state index in [1.54, 1.807) is 7.05 Å². The van der Waals surface area contributed by atoms with Gasteiger partial charge in [-0.25, -0.2) is 0 Å². The standard InChI is InChI=1S/C10H22N2OS/c1-4-14-8-6-5-7-10(2,12-3)9(11)13/h12H,4-8H2,1-3H3,(H2,11,13). The largest absolute Gasteiger partial charge is 0.368 e. The molecule has 4 heteroatoms. The molecular formula is C10H22N2OS. The Bertz CT molecular complexity index is 176. The van der Waals surface area contributed by atoms with Crippen molar-refractivity contribution in [1.82, 2.24) is 5.32 Å². The van der Waals surface area contributed by atoms with Gasteiger partial charge < -0.3 is 11.1 Å². The molecule has 84 valence electrons. The van der Waals surface area contributed by atoms with Crippen LogP contribution in [0.25, 0.3) is 0 Å². The third-order valence-electron chi connectivity index (χ3n) is 2.52. The molecule has 0 radical (unpaired) electrons. The molecule has 0 rings (SSSR count). The summed E-state index contributed by atoms with van der Waals surface area (Å²) in [6.07, 6.45) is 3.03. The molecule has 0 saturated carbocycles. The van der Waals surface area contributed by atoms with Crippen LogP contribution in [-0.2, 0) is 4.79 Å². The number of hydrogen-bond donors (Lipinski definition) is 2. The molecule has 1 atom stereocenters. The molecule has 0 aliphatic heterocycles. The van der Waals surface area contributed by atoms with Gasteiger partial charge >= 0.3 is 0 Å². The first kappa shape index (κ1) is 13.8. The van der Waals surface area contributed by atoms with Crippen LogP contribution < -0.4 is 11.1 Å². The molecule has 0 aliphatic rings. The fraction of sp³-hybridized carbons (Fsp3) is 0.900. The summed E-state index contributed by atoms with van der Waals surface area (Å²) in [5.74, 6) is 2.08. The molecule has 0 fully saturated rings. The quantitative estimate of drug-likeness (QED) is 0.605. The van der Waals surface area contributed by atoms with Gasteiger partial charge in [0.05, 0.1) is 5.54 Å². The maximum Gasteiger partial charge on any atom is 0.237 e. The van der Waals surface area contributed by atoms with Crippen molar-refractivity contribution < 1.29 is 4.79 Å². The Morgan fingerprint density at radius 2 is 2.14 bits per heavy atom. The lowest BCUT2D eigenvalue weighted by molar-refractivity contribution is -0.123. The van der Waals surface area contributed by atoms with E-state index in [-0.39, 0.29) is 5.91 Å². The van der Waals surface area contributed by atoms with Crippen LogP contribution in [0.4, 0.5) is 0 Å². The number of nitrogens with one attached hydrogen (secondary N) is 1. The lowest BCUT2D eigenvalue weighted by Crippen LogP contribution is -2.51. The minimum Gasteiger partial charge on any atom is -0.368 e. The van der Waals surface area contributed by atoms with Crippen LogP contribution in [-0.4, -0.2) is 30.0 Å². The van der Waals surface area contributed by atoms with E-state index in [0.29, 0.717) is 0 Å². The van der Waals surface area contributed by atoms with E-state index < -0.39 is 5.54 Å². The highest BCUT2D eigenvalue weighted by Gasteiger charge is 2.27. The summed E-state index contributed by atoms with van der Waals surface area (Å²) in [7, 11) is 1.78. The molecule has 0 aliphatic carbocycles. The Kier molecular flexibility index (Phi) is 7.01. The topological polar surface area (TPSA) is 55.1 Å². The van der Waals surface area contributed by atoms with Gasteiger partial charge in [0.1, 0.15) is 0 Å². The first-order chi connectivity index (χ1) is 6.56. The number of rotatable bonds is 8. The number of thioether (sulfide) groups is 1. The maximum atomic E-state index is 11.1. The molecule has 3 nitrogen and oxygen atoms in total. The number of nitrogens with two attached hydrogens (primary N) is 1. The number of unbranched alkanes of at least 4 members (excludes halogenated alkanes) is 1. The molecule has 0 aromatic carbocycles. The molecule has 0 bridgehead atoms. The molecule has 3 N–H and O–H groups in total. The van der Waals surface area contributed by atoms with Gasteiger partial charge in [-0.1, -0.05) is 13.3 Å². The second-order valence-electron chi connectivity index (χ2n) is 3.60. The second-order valence-corrected chi connectivity index (χ2v) is 4.99.